The Morgan fingerprint density at radius 1 is 0.638 bits per heavy atom. The maximum atomic E-state index is 12.3. The summed E-state index contributed by atoms with van der Waals surface area (Å²) in [6.07, 6.45) is 1.00. The molecule has 16 nitrogen and oxygen atoms in total. The van der Waals surface area contributed by atoms with Gasteiger partial charge in [0.25, 0.3) is 0 Å². The van der Waals surface area contributed by atoms with Crippen molar-refractivity contribution in [3.8, 4) is 0 Å². The summed E-state index contributed by atoms with van der Waals surface area (Å²) in [5.74, 6) is -2.49. The van der Waals surface area contributed by atoms with Gasteiger partial charge >= 0.3 is 11.9 Å². The van der Waals surface area contributed by atoms with Crippen molar-refractivity contribution in [1.82, 2.24) is 37.2 Å². The number of carbonyl (C=O) groups is 7. The molecule has 0 radical (unpaired) electrons. The summed E-state index contributed by atoms with van der Waals surface area (Å²) in [4.78, 5) is 85.7. The molecule has 0 rings (SSSR count). The van der Waals surface area contributed by atoms with Crippen molar-refractivity contribution in [2.75, 3.05) is 69.2 Å². The second kappa shape index (κ2) is 26.2. The number of ether oxygens (including phenoxy) is 2. The lowest BCUT2D eigenvalue weighted by Gasteiger charge is -2.22. The number of nitrogens with one attached hydrogen (secondary N) is 6. The molecule has 0 bridgehead atoms. The summed E-state index contributed by atoms with van der Waals surface area (Å²) in [6, 6.07) is -1.38. The SMILES string of the molecule is COC(=O)[C@@H](NNC(=O)CSCC(=O)NCCCN(CCCNC(=O)CSCC(=O)NN[C@H](C(=O)OC)C(C)C)C(=O)CS)C(C)C. The Labute approximate surface area is 290 Å². The third-order valence-electron chi connectivity index (χ3n) is 6.25. The topological polar surface area (TPSA) is 213 Å². The lowest BCUT2D eigenvalue weighted by Crippen LogP contribution is -2.51. The summed E-state index contributed by atoms with van der Waals surface area (Å²) >= 11 is 6.30. The van der Waals surface area contributed by atoms with Crippen molar-refractivity contribution in [2.24, 2.45) is 11.8 Å². The Kier molecular flexibility index (Phi) is 24.7. The minimum Gasteiger partial charge on any atom is -0.468 e. The molecule has 0 saturated carbocycles. The lowest BCUT2D eigenvalue weighted by atomic mass is 10.1. The molecule has 19 heteroatoms. The highest BCUT2D eigenvalue weighted by atomic mass is 32.2. The second-order valence-corrected chi connectivity index (χ2v) is 13.1. The minimum atomic E-state index is -0.690. The van der Waals surface area contributed by atoms with Crippen LogP contribution in [0.2, 0.25) is 0 Å². The monoisotopic (exact) mass is 725 g/mol. The van der Waals surface area contributed by atoms with E-state index in [1.807, 2.05) is 0 Å². The third-order valence-corrected chi connectivity index (χ3v) is 8.39. The number of nitrogens with zero attached hydrogens (tertiary/aromatic N) is 1. The number of thiol groups is 1. The first kappa shape index (κ1) is 44.3. The van der Waals surface area contributed by atoms with Crippen LogP contribution >= 0.6 is 36.2 Å². The molecule has 0 aliphatic carbocycles. The highest BCUT2D eigenvalue weighted by Gasteiger charge is 2.24. The second-order valence-electron chi connectivity index (χ2n) is 10.8. The van der Waals surface area contributed by atoms with Crippen LogP contribution in [0.1, 0.15) is 40.5 Å². The first-order chi connectivity index (χ1) is 22.3. The number of thioether (sulfide) groups is 2. The largest absolute Gasteiger partial charge is 0.468 e. The molecule has 0 fully saturated rings. The number of rotatable bonds is 25. The molecule has 0 spiro atoms. The summed E-state index contributed by atoms with van der Waals surface area (Å²) in [5.41, 5.74) is 10.2. The Morgan fingerprint density at radius 2 is 1.00 bits per heavy atom. The van der Waals surface area contributed by atoms with Gasteiger partial charge in [-0.3, -0.25) is 44.4 Å². The minimum absolute atomic E-state index is 0.00990. The quantitative estimate of drug-likeness (QED) is 0.0257. The van der Waals surface area contributed by atoms with Gasteiger partial charge in [0.1, 0.15) is 12.1 Å². The van der Waals surface area contributed by atoms with E-state index in [2.05, 4.69) is 45.0 Å². The smallest absolute Gasteiger partial charge is 0.324 e. The van der Waals surface area contributed by atoms with Gasteiger partial charge in [-0.05, 0) is 24.7 Å². The number of carbonyl (C=O) groups excluding carboxylic acids is 7. The van der Waals surface area contributed by atoms with E-state index in [1.165, 1.54) is 14.2 Å². The number of methoxy groups -OCH3 is 2. The van der Waals surface area contributed by atoms with Crippen molar-refractivity contribution in [2.45, 2.75) is 52.6 Å². The van der Waals surface area contributed by atoms with Gasteiger partial charge in [-0.2, -0.15) is 12.6 Å². The lowest BCUT2D eigenvalue weighted by molar-refractivity contribution is -0.146. The number of hydrogen-bond acceptors (Lipinski definition) is 14. The van der Waals surface area contributed by atoms with Crippen LogP contribution in [0, 0.1) is 11.8 Å². The van der Waals surface area contributed by atoms with E-state index in [9.17, 15) is 33.6 Å². The van der Waals surface area contributed by atoms with Gasteiger partial charge in [0, 0.05) is 26.2 Å². The molecule has 5 amide bonds. The Bertz CT molecular complexity index is 952. The zero-order valence-corrected chi connectivity index (χ0v) is 30.5. The van der Waals surface area contributed by atoms with Crippen molar-refractivity contribution in [3.63, 3.8) is 0 Å². The third kappa shape index (κ3) is 21.0. The summed E-state index contributed by atoms with van der Waals surface area (Å²) in [6.45, 7) is 8.66. The highest BCUT2D eigenvalue weighted by molar-refractivity contribution is 8.00. The molecular formula is C28H51N7O9S3. The van der Waals surface area contributed by atoms with E-state index in [0.717, 1.165) is 23.5 Å². The fourth-order valence-corrected chi connectivity index (χ4v) is 5.16. The van der Waals surface area contributed by atoms with Gasteiger partial charge in [-0.15, -0.1) is 23.5 Å². The molecule has 47 heavy (non-hydrogen) atoms. The van der Waals surface area contributed by atoms with E-state index >= 15 is 0 Å². The van der Waals surface area contributed by atoms with E-state index in [0.29, 0.717) is 39.0 Å². The van der Waals surface area contributed by atoms with Crippen LogP contribution < -0.4 is 32.3 Å². The summed E-state index contributed by atoms with van der Waals surface area (Å²) in [5, 5.41) is 5.51. The van der Waals surface area contributed by atoms with Crippen molar-refractivity contribution in [1.29, 1.82) is 0 Å². The predicted molar refractivity (Wildman–Crippen MR) is 184 cm³/mol. The molecule has 6 N–H and O–H groups in total. The summed E-state index contributed by atoms with van der Waals surface area (Å²) in [7, 11) is 2.53. The molecule has 0 heterocycles. The normalized spacial score (nSPS) is 12.1. The molecule has 0 aliphatic heterocycles. The van der Waals surface area contributed by atoms with Crippen LogP contribution in [-0.4, -0.2) is 128 Å². The number of hydrazine groups is 2. The fourth-order valence-electron chi connectivity index (χ4n) is 3.67. The number of hydrogen-bond donors (Lipinski definition) is 7. The van der Waals surface area contributed by atoms with Gasteiger partial charge < -0.3 is 25.0 Å². The van der Waals surface area contributed by atoms with Crippen LogP contribution in [-0.2, 0) is 43.0 Å². The molecule has 270 valence electrons. The highest BCUT2D eigenvalue weighted by Crippen LogP contribution is 2.05. The Morgan fingerprint density at radius 3 is 1.32 bits per heavy atom. The van der Waals surface area contributed by atoms with Crippen molar-refractivity contribution in [3.05, 3.63) is 0 Å². The van der Waals surface area contributed by atoms with Crippen molar-refractivity contribution >= 4 is 77.6 Å². The van der Waals surface area contributed by atoms with Crippen LogP contribution in [0.15, 0.2) is 0 Å². The molecular weight excluding hydrogens is 675 g/mol. The molecule has 0 saturated heterocycles. The first-order valence-corrected chi connectivity index (χ1v) is 18.0. The Hall–Kier alpha value is -2.74. The molecule has 2 atom stereocenters. The van der Waals surface area contributed by atoms with Gasteiger partial charge in [0.2, 0.25) is 29.5 Å². The van der Waals surface area contributed by atoms with Crippen LogP contribution in [0.25, 0.3) is 0 Å². The average Bonchev–Trinajstić information content (AvgIpc) is 3.02. The van der Waals surface area contributed by atoms with Gasteiger partial charge in [-0.25, -0.2) is 10.9 Å². The molecule has 0 aromatic heterocycles. The number of amides is 5. The summed E-state index contributed by atoms with van der Waals surface area (Å²) < 4.78 is 9.40. The molecule has 0 aromatic carbocycles. The zero-order valence-electron chi connectivity index (χ0n) is 28.0. The van der Waals surface area contributed by atoms with E-state index in [4.69, 9.17) is 9.47 Å². The average molecular weight is 726 g/mol. The van der Waals surface area contributed by atoms with E-state index in [1.54, 1.807) is 32.6 Å². The Balaban J connectivity index is 4.21. The maximum Gasteiger partial charge on any atom is 0.324 e. The van der Waals surface area contributed by atoms with Crippen LogP contribution in [0.3, 0.4) is 0 Å². The molecule has 0 unspecified atom stereocenters. The van der Waals surface area contributed by atoms with Gasteiger partial charge in [0.05, 0.1) is 43.0 Å². The van der Waals surface area contributed by atoms with Crippen molar-refractivity contribution < 1.29 is 43.0 Å². The van der Waals surface area contributed by atoms with Gasteiger partial charge in [-0.1, -0.05) is 27.7 Å². The molecule has 0 aromatic rings. The van der Waals surface area contributed by atoms with Gasteiger partial charge in [0.15, 0.2) is 0 Å². The first-order valence-electron chi connectivity index (χ1n) is 15.1. The van der Waals surface area contributed by atoms with Crippen LogP contribution in [0.4, 0.5) is 0 Å². The van der Waals surface area contributed by atoms with E-state index in [-0.39, 0.29) is 70.1 Å². The number of esters is 2. The van der Waals surface area contributed by atoms with Crippen LogP contribution in [0.5, 0.6) is 0 Å². The van der Waals surface area contributed by atoms with E-state index < -0.39 is 24.0 Å². The fraction of sp³-hybridized carbons (Fsp3) is 0.750. The predicted octanol–water partition coefficient (Wildman–Crippen LogP) is -1.14. The molecule has 0 aliphatic rings. The maximum absolute atomic E-state index is 12.3. The standard InChI is InChI=1S/C28H51N7O9S3/c1-18(2)25(27(41)43-5)33-31-22(38)16-46-14-20(36)29-9-7-11-35(24(40)13-45)12-8-10-30-21(37)15-47-17-23(39)32-34-26(19(3)4)28(42)44-6/h18-19,25-26,33-34,45H,7-17H2,1-6H3,(H,29,36)(H,30,37)(H,31,38)(H,32,39)/t25-,26-/m0/s1. The zero-order chi connectivity index (χ0) is 35.8.